The predicted molar refractivity (Wildman–Crippen MR) is 77.0 cm³/mol. The lowest BCUT2D eigenvalue weighted by Crippen LogP contribution is -1.94. The molecule has 1 rings (SSSR count). The summed E-state index contributed by atoms with van der Waals surface area (Å²) < 4.78 is 0.405. The minimum Gasteiger partial charge on any atom is -0.0712 e. The Kier molecular flexibility index (Phi) is 5.68. The van der Waals surface area contributed by atoms with Crippen LogP contribution in [0.4, 0.5) is 0 Å². The Balaban J connectivity index is 3.17. The standard InChI is InChI=1S/C10H10Br4/c1-2-6-3-4-7(9(11)12)8(5-6)10(13)14/h3-5,9-10H,2H2,1H3. The van der Waals surface area contributed by atoms with Crippen molar-refractivity contribution in [2.24, 2.45) is 0 Å². The highest BCUT2D eigenvalue weighted by atomic mass is 79.9. The number of hydrogen-bond donors (Lipinski definition) is 0. The molecule has 0 unspecified atom stereocenters. The zero-order chi connectivity index (χ0) is 10.7. The van der Waals surface area contributed by atoms with Crippen LogP contribution in [-0.4, -0.2) is 0 Å². The first-order valence-corrected chi connectivity index (χ1v) is 7.91. The van der Waals surface area contributed by atoms with Gasteiger partial charge in [-0.05, 0) is 23.1 Å². The first-order valence-electron chi connectivity index (χ1n) is 4.25. The summed E-state index contributed by atoms with van der Waals surface area (Å²) in [5.74, 6) is 0. The summed E-state index contributed by atoms with van der Waals surface area (Å²) in [5.41, 5.74) is 3.87. The molecule has 0 saturated heterocycles. The van der Waals surface area contributed by atoms with E-state index in [1.165, 1.54) is 16.7 Å². The summed E-state index contributed by atoms with van der Waals surface area (Å²) in [6, 6.07) is 6.54. The fraction of sp³-hybridized carbons (Fsp3) is 0.400. The van der Waals surface area contributed by atoms with Crippen LogP contribution in [-0.2, 0) is 6.42 Å². The van der Waals surface area contributed by atoms with Crippen molar-refractivity contribution in [3.05, 3.63) is 34.9 Å². The van der Waals surface area contributed by atoms with Crippen LogP contribution in [0.2, 0.25) is 0 Å². The first kappa shape index (κ1) is 13.2. The lowest BCUT2D eigenvalue weighted by molar-refractivity contribution is 1.12. The first-order chi connectivity index (χ1) is 6.56. The summed E-state index contributed by atoms with van der Waals surface area (Å²) in [6.07, 6.45) is 1.06. The van der Waals surface area contributed by atoms with E-state index >= 15 is 0 Å². The number of benzene rings is 1. The van der Waals surface area contributed by atoms with Gasteiger partial charge in [0, 0.05) is 0 Å². The van der Waals surface area contributed by atoms with Gasteiger partial charge in [0.25, 0.3) is 0 Å². The maximum atomic E-state index is 3.54. The number of halogens is 4. The van der Waals surface area contributed by atoms with Gasteiger partial charge in [0.05, 0.1) is 7.47 Å². The smallest absolute Gasteiger partial charge is 0.0712 e. The van der Waals surface area contributed by atoms with Gasteiger partial charge in [-0.2, -0.15) is 0 Å². The van der Waals surface area contributed by atoms with Gasteiger partial charge in [0.1, 0.15) is 0 Å². The summed E-state index contributed by atoms with van der Waals surface area (Å²) in [4.78, 5) is 0. The molecule has 1 aromatic rings. The monoisotopic (exact) mass is 446 g/mol. The molecule has 1 aromatic carbocycles. The summed E-state index contributed by atoms with van der Waals surface area (Å²) in [5, 5.41) is 0. The quantitative estimate of drug-likeness (QED) is 0.510. The summed E-state index contributed by atoms with van der Waals surface area (Å²) in [7, 11) is 0. The fourth-order valence-electron chi connectivity index (χ4n) is 1.23. The number of rotatable bonds is 3. The molecule has 0 N–H and O–H groups in total. The minimum absolute atomic E-state index is 0.202. The highest BCUT2D eigenvalue weighted by molar-refractivity contribution is 9.24. The molecule has 0 amide bonds. The van der Waals surface area contributed by atoms with Crippen LogP contribution in [0.15, 0.2) is 18.2 Å². The minimum atomic E-state index is 0.202. The van der Waals surface area contributed by atoms with E-state index in [2.05, 4.69) is 88.8 Å². The molecule has 0 nitrogen and oxygen atoms in total. The van der Waals surface area contributed by atoms with Crippen LogP contribution < -0.4 is 0 Å². The number of alkyl halides is 4. The van der Waals surface area contributed by atoms with Crippen LogP contribution >= 0.6 is 63.7 Å². The van der Waals surface area contributed by atoms with Crippen LogP contribution in [0.3, 0.4) is 0 Å². The molecule has 0 heterocycles. The van der Waals surface area contributed by atoms with Crippen LogP contribution in [0, 0.1) is 0 Å². The highest BCUT2D eigenvalue weighted by Gasteiger charge is 2.13. The zero-order valence-electron chi connectivity index (χ0n) is 7.61. The molecule has 0 fully saturated rings. The Morgan fingerprint density at radius 2 is 1.57 bits per heavy atom. The van der Waals surface area contributed by atoms with E-state index in [-0.39, 0.29) is 7.47 Å². The molecule has 0 aliphatic rings. The SMILES string of the molecule is CCc1ccc(C(Br)Br)c(C(Br)Br)c1. The van der Waals surface area contributed by atoms with Gasteiger partial charge in [-0.25, -0.2) is 0 Å². The molecule has 14 heavy (non-hydrogen) atoms. The molecule has 0 aromatic heterocycles. The van der Waals surface area contributed by atoms with Crippen molar-refractivity contribution in [1.29, 1.82) is 0 Å². The second-order valence-corrected chi connectivity index (χ2v) is 9.04. The second-order valence-electron chi connectivity index (χ2n) is 2.92. The fourth-order valence-corrected chi connectivity index (χ4v) is 2.86. The highest BCUT2D eigenvalue weighted by Crippen LogP contribution is 2.40. The average molecular weight is 450 g/mol. The Bertz CT molecular complexity index is 307. The van der Waals surface area contributed by atoms with E-state index in [9.17, 15) is 0 Å². The van der Waals surface area contributed by atoms with Crippen molar-refractivity contribution in [2.45, 2.75) is 20.8 Å². The van der Waals surface area contributed by atoms with Crippen molar-refractivity contribution in [3.63, 3.8) is 0 Å². The Hall–Kier alpha value is 1.14. The van der Waals surface area contributed by atoms with Crippen LogP contribution in [0.25, 0.3) is 0 Å². The normalized spacial score (nSPS) is 11.4. The van der Waals surface area contributed by atoms with E-state index in [1.54, 1.807) is 0 Å². The average Bonchev–Trinajstić information content (AvgIpc) is 2.16. The van der Waals surface area contributed by atoms with Gasteiger partial charge in [-0.1, -0.05) is 88.8 Å². The van der Waals surface area contributed by atoms with E-state index in [0.29, 0.717) is 0 Å². The van der Waals surface area contributed by atoms with Crippen molar-refractivity contribution in [1.82, 2.24) is 0 Å². The third-order valence-electron chi connectivity index (χ3n) is 2.03. The van der Waals surface area contributed by atoms with Crippen LogP contribution in [0.5, 0.6) is 0 Å². The molecular weight excluding hydrogens is 440 g/mol. The topological polar surface area (TPSA) is 0 Å². The predicted octanol–water partition coefficient (Wildman–Crippen LogP) is 5.83. The maximum absolute atomic E-state index is 3.54. The molecule has 0 saturated carbocycles. The third-order valence-corrected chi connectivity index (χ3v) is 4.00. The molecule has 0 aliphatic heterocycles. The van der Waals surface area contributed by atoms with Crippen LogP contribution in [0.1, 0.15) is 31.1 Å². The number of hydrogen-bond acceptors (Lipinski definition) is 0. The van der Waals surface area contributed by atoms with E-state index in [0.717, 1.165) is 6.42 Å². The van der Waals surface area contributed by atoms with Crippen molar-refractivity contribution in [3.8, 4) is 0 Å². The molecule has 0 spiro atoms. The molecule has 0 aliphatic carbocycles. The second kappa shape index (κ2) is 6.02. The molecular formula is C10H10Br4. The molecule has 0 radical (unpaired) electrons. The Morgan fingerprint density at radius 1 is 1.00 bits per heavy atom. The summed E-state index contributed by atoms with van der Waals surface area (Å²) in [6.45, 7) is 2.16. The zero-order valence-corrected chi connectivity index (χ0v) is 13.9. The Morgan fingerprint density at radius 3 is 2.00 bits per heavy atom. The largest absolute Gasteiger partial charge is 0.0949 e. The van der Waals surface area contributed by atoms with Gasteiger partial charge in [0.2, 0.25) is 0 Å². The Labute approximate surface area is 118 Å². The van der Waals surface area contributed by atoms with E-state index < -0.39 is 0 Å². The van der Waals surface area contributed by atoms with E-state index in [4.69, 9.17) is 0 Å². The molecule has 0 atom stereocenters. The van der Waals surface area contributed by atoms with Gasteiger partial charge >= 0.3 is 0 Å². The van der Waals surface area contributed by atoms with Gasteiger partial charge < -0.3 is 0 Å². The molecule has 78 valence electrons. The number of aryl methyl sites for hydroxylation is 1. The lowest BCUT2D eigenvalue weighted by Gasteiger charge is -2.13. The maximum Gasteiger partial charge on any atom is 0.0949 e. The van der Waals surface area contributed by atoms with Crippen molar-refractivity contribution >= 4 is 63.7 Å². The van der Waals surface area contributed by atoms with Gasteiger partial charge in [-0.3, -0.25) is 0 Å². The summed E-state index contributed by atoms with van der Waals surface area (Å²) >= 11 is 14.1. The van der Waals surface area contributed by atoms with Gasteiger partial charge in [0.15, 0.2) is 0 Å². The van der Waals surface area contributed by atoms with Crippen molar-refractivity contribution in [2.75, 3.05) is 0 Å². The lowest BCUT2D eigenvalue weighted by atomic mass is 10.1. The molecule has 4 heteroatoms. The van der Waals surface area contributed by atoms with E-state index in [1.807, 2.05) is 0 Å². The third kappa shape index (κ3) is 3.32. The molecule has 0 bridgehead atoms. The van der Waals surface area contributed by atoms with Gasteiger partial charge in [-0.15, -0.1) is 0 Å². The van der Waals surface area contributed by atoms with Crippen molar-refractivity contribution < 1.29 is 0 Å².